The standard InChI is InChI=1S/C11H20N4/c1-4-11(2,9-12)15(3)8-10-13-6-5-7-14-10/h5-7H,4,8-9,12H2,1-3H3. The summed E-state index contributed by atoms with van der Waals surface area (Å²) in [5, 5.41) is 0. The molecule has 84 valence electrons. The van der Waals surface area contributed by atoms with E-state index < -0.39 is 0 Å². The number of nitrogens with zero attached hydrogens (tertiary/aromatic N) is 3. The molecule has 2 N–H and O–H groups in total. The summed E-state index contributed by atoms with van der Waals surface area (Å²) in [4.78, 5) is 10.6. The Balaban J connectivity index is 2.66. The Bertz CT molecular complexity index is 282. The minimum absolute atomic E-state index is 0.0270. The van der Waals surface area contributed by atoms with Crippen molar-refractivity contribution in [1.82, 2.24) is 14.9 Å². The van der Waals surface area contributed by atoms with Gasteiger partial charge < -0.3 is 5.73 Å². The van der Waals surface area contributed by atoms with E-state index >= 15 is 0 Å². The van der Waals surface area contributed by atoms with E-state index in [1.54, 1.807) is 12.4 Å². The molecule has 15 heavy (non-hydrogen) atoms. The molecule has 1 atom stereocenters. The Kier molecular flexibility index (Phi) is 4.17. The summed E-state index contributed by atoms with van der Waals surface area (Å²) >= 11 is 0. The number of hydrogen-bond acceptors (Lipinski definition) is 4. The predicted molar refractivity (Wildman–Crippen MR) is 61.2 cm³/mol. The second kappa shape index (κ2) is 5.19. The molecule has 0 amide bonds. The second-order valence-corrected chi connectivity index (χ2v) is 4.08. The molecule has 4 nitrogen and oxygen atoms in total. The summed E-state index contributed by atoms with van der Waals surface area (Å²) in [7, 11) is 2.06. The average Bonchev–Trinajstić information content (AvgIpc) is 2.29. The number of aromatic nitrogens is 2. The third-order valence-electron chi connectivity index (χ3n) is 3.12. The summed E-state index contributed by atoms with van der Waals surface area (Å²) in [5.74, 6) is 0.841. The monoisotopic (exact) mass is 208 g/mol. The molecule has 0 aliphatic carbocycles. The Morgan fingerprint density at radius 1 is 1.40 bits per heavy atom. The van der Waals surface area contributed by atoms with Crippen molar-refractivity contribution in [3.8, 4) is 0 Å². The van der Waals surface area contributed by atoms with Crippen LogP contribution in [0.3, 0.4) is 0 Å². The lowest BCUT2D eigenvalue weighted by Crippen LogP contribution is -2.48. The molecule has 1 aromatic heterocycles. The highest BCUT2D eigenvalue weighted by Gasteiger charge is 2.25. The van der Waals surface area contributed by atoms with Crippen LogP contribution >= 0.6 is 0 Å². The molecule has 0 radical (unpaired) electrons. The first-order valence-corrected chi connectivity index (χ1v) is 5.29. The third-order valence-corrected chi connectivity index (χ3v) is 3.12. The van der Waals surface area contributed by atoms with Gasteiger partial charge in [0.1, 0.15) is 5.82 Å². The lowest BCUT2D eigenvalue weighted by molar-refractivity contribution is 0.128. The van der Waals surface area contributed by atoms with Crippen LogP contribution in [0.15, 0.2) is 18.5 Å². The van der Waals surface area contributed by atoms with Gasteiger partial charge in [-0.3, -0.25) is 4.90 Å². The van der Waals surface area contributed by atoms with Crippen LogP contribution in [-0.2, 0) is 6.54 Å². The van der Waals surface area contributed by atoms with E-state index in [0.717, 1.165) is 18.8 Å². The lowest BCUT2D eigenvalue weighted by Gasteiger charge is -2.36. The normalized spacial score (nSPS) is 15.3. The molecule has 1 rings (SSSR count). The van der Waals surface area contributed by atoms with Gasteiger partial charge in [0.15, 0.2) is 0 Å². The fourth-order valence-corrected chi connectivity index (χ4v) is 1.38. The molecule has 4 heteroatoms. The van der Waals surface area contributed by atoms with E-state index in [1.807, 2.05) is 6.07 Å². The number of rotatable bonds is 5. The van der Waals surface area contributed by atoms with Crippen LogP contribution in [0.5, 0.6) is 0 Å². The molecule has 0 fully saturated rings. The number of likely N-dealkylation sites (N-methyl/N-ethyl adjacent to an activating group) is 1. The van der Waals surface area contributed by atoms with Crippen LogP contribution in [0.4, 0.5) is 0 Å². The first-order valence-electron chi connectivity index (χ1n) is 5.29. The van der Waals surface area contributed by atoms with Gasteiger partial charge in [-0.05, 0) is 26.5 Å². The minimum atomic E-state index is 0.0270. The summed E-state index contributed by atoms with van der Waals surface area (Å²) in [6, 6.07) is 1.82. The van der Waals surface area contributed by atoms with Gasteiger partial charge in [0.25, 0.3) is 0 Å². The van der Waals surface area contributed by atoms with Crippen molar-refractivity contribution >= 4 is 0 Å². The summed E-state index contributed by atoms with van der Waals surface area (Å²) < 4.78 is 0. The largest absolute Gasteiger partial charge is 0.329 e. The molecule has 0 bridgehead atoms. The molecule has 1 aromatic rings. The van der Waals surface area contributed by atoms with Gasteiger partial charge in [0.2, 0.25) is 0 Å². The van der Waals surface area contributed by atoms with Crippen molar-refractivity contribution in [3.05, 3.63) is 24.3 Å². The van der Waals surface area contributed by atoms with E-state index in [4.69, 9.17) is 5.73 Å². The van der Waals surface area contributed by atoms with E-state index in [2.05, 4.69) is 35.8 Å². The molecule has 0 saturated carbocycles. The first kappa shape index (κ1) is 12.1. The van der Waals surface area contributed by atoms with E-state index in [9.17, 15) is 0 Å². The van der Waals surface area contributed by atoms with Gasteiger partial charge in [0.05, 0.1) is 6.54 Å². The van der Waals surface area contributed by atoms with Crippen LogP contribution in [0.25, 0.3) is 0 Å². The van der Waals surface area contributed by atoms with Crippen LogP contribution in [0.2, 0.25) is 0 Å². The molecule has 1 unspecified atom stereocenters. The molecule has 0 aromatic carbocycles. The van der Waals surface area contributed by atoms with Crippen molar-refractivity contribution in [2.75, 3.05) is 13.6 Å². The fourth-order valence-electron chi connectivity index (χ4n) is 1.38. The molecule has 0 aliphatic rings. The second-order valence-electron chi connectivity index (χ2n) is 4.08. The van der Waals surface area contributed by atoms with Crippen LogP contribution in [0, 0.1) is 0 Å². The van der Waals surface area contributed by atoms with Crippen molar-refractivity contribution in [2.45, 2.75) is 32.4 Å². The fraction of sp³-hybridized carbons (Fsp3) is 0.636. The molecule has 0 aliphatic heterocycles. The molecular formula is C11H20N4. The molecule has 0 spiro atoms. The summed E-state index contributed by atoms with van der Waals surface area (Å²) in [6.07, 6.45) is 4.55. The van der Waals surface area contributed by atoms with Crippen LogP contribution in [0.1, 0.15) is 26.1 Å². The molecule has 1 heterocycles. The highest BCUT2D eigenvalue weighted by molar-refractivity contribution is 4.92. The van der Waals surface area contributed by atoms with Crippen molar-refractivity contribution in [1.29, 1.82) is 0 Å². The van der Waals surface area contributed by atoms with Gasteiger partial charge in [-0.1, -0.05) is 6.92 Å². The van der Waals surface area contributed by atoms with Gasteiger partial charge >= 0.3 is 0 Å². The van der Waals surface area contributed by atoms with Gasteiger partial charge in [-0.2, -0.15) is 0 Å². The van der Waals surface area contributed by atoms with Crippen molar-refractivity contribution in [2.24, 2.45) is 5.73 Å². The zero-order valence-electron chi connectivity index (χ0n) is 9.77. The maximum atomic E-state index is 5.79. The van der Waals surface area contributed by atoms with Crippen LogP contribution < -0.4 is 5.73 Å². The molecule has 0 saturated heterocycles. The highest BCUT2D eigenvalue weighted by atomic mass is 15.2. The third kappa shape index (κ3) is 2.97. The quantitative estimate of drug-likeness (QED) is 0.785. The highest BCUT2D eigenvalue weighted by Crippen LogP contribution is 2.17. The first-order chi connectivity index (χ1) is 7.12. The van der Waals surface area contributed by atoms with Gasteiger partial charge in [-0.25, -0.2) is 9.97 Å². The Hall–Kier alpha value is -1.00. The summed E-state index contributed by atoms with van der Waals surface area (Å²) in [6.45, 7) is 5.69. The summed E-state index contributed by atoms with van der Waals surface area (Å²) in [5.41, 5.74) is 5.82. The zero-order valence-corrected chi connectivity index (χ0v) is 9.77. The smallest absolute Gasteiger partial charge is 0.142 e. The molecular weight excluding hydrogens is 188 g/mol. The van der Waals surface area contributed by atoms with Gasteiger partial charge in [0, 0.05) is 24.5 Å². The van der Waals surface area contributed by atoms with E-state index in [0.29, 0.717) is 6.54 Å². The SMILES string of the molecule is CCC(C)(CN)N(C)Cc1ncccn1. The van der Waals surface area contributed by atoms with Crippen molar-refractivity contribution < 1.29 is 0 Å². The Labute approximate surface area is 91.5 Å². The number of hydrogen-bond donors (Lipinski definition) is 1. The van der Waals surface area contributed by atoms with E-state index in [-0.39, 0.29) is 5.54 Å². The van der Waals surface area contributed by atoms with Crippen molar-refractivity contribution in [3.63, 3.8) is 0 Å². The average molecular weight is 208 g/mol. The van der Waals surface area contributed by atoms with Gasteiger partial charge in [-0.15, -0.1) is 0 Å². The Morgan fingerprint density at radius 2 is 2.00 bits per heavy atom. The maximum Gasteiger partial charge on any atom is 0.142 e. The topological polar surface area (TPSA) is 55.0 Å². The minimum Gasteiger partial charge on any atom is -0.329 e. The predicted octanol–water partition coefficient (Wildman–Crippen LogP) is 1.04. The maximum absolute atomic E-state index is 5.79. The van der Waals surface area contributed by atoms with Crippen LogP contribution in [-0.4, -0.2) is 34.0 Å². The number of nitrogens with two attached hydrogens (primary N) is 1. The van der Waals surface area contributed by atoms with E-state index in [1.165, 1.54) is 0 Å². The lowest BCUT2D eigenvalue weighted by atomic mass is 9.97. The Morgan fingerprint density at radius 3 is 2.47 bits per heavy atom. The zero-order chi connectivity index (χ0) is 11.3.